The number of carbonyl (C=O) groups is 3. The van der Waals surface area contributed by atoms with E-state index in [-0.39, 0.29) is 6.42 Å². The highest BCUT2D eigenvalue weighted by molar-refractivity contribution is 6.01. The first-order valence-electron chi connectivity index (χ1n) is 5.46. The molecular weight excluding hydrogens is 269 g/mol. The molecule has 1 heterocycles. The second-order valence-corrected chi connectivity index (χ2v) is 4.32. The van der Waals surface area contributed by atoms with Crippen molar-refractivity contribution in [1.82, 2.24) is 10.2 Å². The molecule has 0 unspecified atom stereocenters. The minimum atomic E-state index is -4.54. The summed E-state index contributed by atoms with van der Waals surface area (Å²) in [6.45, 7) is -0.606. The van der Waals surface area contributed by atoms with Crippen molar-refractivity contribution in [2.24, 2.45) is 5.92 Å². The fraction of sp³-hybridized carbons (Fsp3) is 0.700. The van der Waals surface area contributed by atoms with E-state index in [0.717, 1.165) is 4.90 Å². The Morgan fingerprint density at radius 3 is 2.42 bits per heavy atom. The molecule has 0 aromatic carbocycles. The van der Waals surface area contributed by atoms with Crippen LogP contribution in [0.25, 0.3) is 0 Å². The third kappa shape index (κ3) is 3.83. The van der Waals surface area contributed by atoms with Crippen molar-refractivity contribution >= 4 is 17.8 Å². The maximum atomic E-state index is 12.4. The van der Waals surface area contributed by atoms with Gasteiger partial charge >= 0.3 is 12.1 Å². The number of carboxylic acid groups (broad SMARTS) is 1. The van der Waals surface area contributed by atoms with Gasteiger partial charge in [-0.3, -0.25) is 14.4 Å². The lowest BCUT2D eigenvalue weighted by molar-refractivity contribution is -0.172. The minimum absolute atomic E-state index is 0.251. The summed E-state index contributed by atoms with van der Waals surface area (Å²) in [5.41, 5.74) is 0. The molecule has 0 bridgehead atoms. The van der Waals surface area contributed by atoms with Gasteiger partial charge in [0, 0.05) is 7.05 Å². The first-order chi connectivity index (χ1) is 8.62. The summed E-state index contributed by atoms with van der Waals surface area (Å²) < 4.78 is 37.2. The number of carboxylic acids is 1. The summed E-state index contributed by atoms with van der Waals surface area (Å²) in [7, 11) is 1.18. The molecule has 108 valence electrons. The van der Waals surface area contributed by atoms with Gasteiger partial charge in [-0.25, -0.2) is 0 Å². The van der Waals surface area contributed by atoms with Gasteiger partial charge in [-0.05, 0) is 12.8 Å². The highest BCUT2D eigenvalue weighted by Crippen LogP contribution is 2.28. The number of alkyl halides is 3. The number of carbonyl (C=O) groups excluding carboxylic acids is 2. The SMILES string of the molecule is CN(CC(=O)O)C(=O)[C@H]1CC[C@H](C(F)(F)F)NC1=O. The molecular formula is C10H13F3N2O4. The Kier molecular flexibility index (Phi) is 4.38. The number of nitrogens with one attached hydrogen (secondary N) is 1. The number of aliphatic carboxylic acids is 1. The summed E-state index contributed by atoms with van der Waals surface area (Å²) in [6, 6.07) is -1.95. The van der Waals surface area contributed by atoms with Gasteiger partial charge in [0.2, 0.25) is 11.8 Å². The molecule has 1 rings (SSSR count). The van der Waals surface area contributed by atoms with Gasteiger partial charge < -0.3 is 15.3 Å². The maximum absolute atomic E-state index is 12.4. The zero-order valence-corrected chi connectivity index (χ0v) is 10.0. The lowest BCUT2D eigenvalue weighted by atomic mass is 9.92. The third-order valence-corrected chi connectivity index (χ3v) is 2.82. The van der Waals surface area contributed by atoms with Crippen LogP contribution in [0.5, 0.6) is 0 Å². The van der Waals surface area contributed by atoms with Crippen molar-refractivity contribution in [3.05, 3.63) is 0 Å². The van der Waals surface area contributed by atoms with E-state index in [9.17, 15) is 27.6 Å². The molecule has 0 aromatic rings. The van der Waals surface area contributed by atoms with Gasteiger partial charge in [0.05, 0.1) is 0 Å². The van der Waals surface area contributed by atoms with E-state index in [0.29, 0.717) is 0 Å². The first kappa shape index (κ1) is 15.3. The molecule has 1 aliphatic rings. The predicted octanol–water partition coefficient (Wildman–Crippen LogP) is -0.0135. The van der Waals surface area contributed by atoms with Gasteiger partial charge in [0.25, 0.3) is 0 Å². The molecule has 0 aromatic heterocycles. The zero-order valence-electron chi connectivity index (χ0n) is 10.0. The zero-order chi connectivity index (χ0) is 14.8. The number of hydrogen-bond donors (Lipinski definition) is 2. The Labute approximate surface area is 106 Å². The molecule has 0 spiro atoms. The van der Waals surface area contributed by atoms with Crippen molar-refractivity contribution < 1.29 is 32.7 Å². The van der Waals surface area contributed by atoms with Crippen LogP contribution in [-0.2, 0) is 14.4 Å². The fourth-order valence-electron chi connectivity index (χ4n) is 1.84. The number of nitrogens with zero attached hydrogens (tertiary/aromatic N) is 1. The second kappa shape index (κ2) is 5.45. The summed E-state index contributed by atoms with van der Waals surface area (Å²) >= 11 is 0. The largest absolute Gasteiger partial charge is 0.480 e. The standard InChI is InChI=1S/C10H13F3N2O4/c1-15(4-7(16)17)9(19)5-2-3-6(10(11,12)13)14-8(5)18/h5-6H,2-4H2,1H3,(H,14,18)(H,16,17)/t5-,6+/m0/s1. The van der Waals surface area contributed by atoms with E-state index < -0.39 is 48.9 Å². The van der Waals surface area contributed by atoms with E-state index in [1.807, 2.05) is 0 Å². The Bertz CT molecular complexity index is 397. The van der Waals surface area contributed by atoms with Crippen molar-refractivity contribution in [3.8, 4) is 0 Å². The molecule has 0 radical (unpaired) electrons. The van der Waals surface area contributed by atoms with Crippen LogP contribution in [0.15, 0.2) is 0 Å². The fourth-order valence-corrected chi connectivity index (χ4v) is 1.84. The van der Waals surface area contributed by atoms with Crippen LogP contribution in [0.3, 0.4) is 0 Å². The molecule has 19 heavy (non-hydrogen) atoms. The molecule has 1 saturated heterocycles. The Morgan fingerprint density at radius 1 is 1.42 bits per heavy atom. The lowest BCUT2D eigenvalue weighted by Crippen LogP contribution is -2.54. The number of likely N-dealkylation sites (N-methyl/N-ethyl adjacent to an activating group) is 1. The van der Waals surface area contributed by atoms with Crippen molar-refractivity contribution in [3.63, 3.8) is 0 Å². The average Bonchev–Trinajstić information content (AvgIpc) is 2.25. The third-order valence-electron chi connectivity index (χ3n) is 2.82. The Hall–Kier alpha value is -1.80. The first-order valence-corrected chi connectivity index (χ1v) is 5.46. The van der Waals surface area contributed by atoms with Crippen molar-refractivity contribution in [2.75, 3.05) is 13.6 Å². The smallest absolute Gasteiger partial charge is 0.408 e. The summed E-state index contributed by atoms with van der Waals surface area (Å²) in [4.78, 5) is 34.4. The van der Waals surface area contributed by atoms with E-state index in [1.165, 1.54) is 7.05 Å². The Morgan fingerprint density at radius 2 is 2.00 bits per heavy atom. The molecule has 0 saturated carbocycles. The summed E-state index contributed by atoms with van der Waals surface area (Å²) in [6.07, 6.45) is -5.19. The quantitative estimate of drug-likeness (QED) is 0.713. The van der Waals surface area contributed by atoms with Crippen LogP contribution in [0.4, 0.5) is 13.2 Å². The van der Waals surface area contributed by atoms with Gasteiger partial charge in [-0.15, -0.1) is 0 Å². The van der Waals surface area contributed by atoms with Crippen molar-refractivity contribution in [2.45, 2.75) is 25.1 Å². The number of hydrogen-bond acceptors (Lipinski definition) is 3. The van der Waals surface area contributed by atoms with Gasteiger partial charge in [0.1, 0.15) is 18.5 Å². The van der Waals surface area contributed by atoms with E-state index in [2.05, 4.69) is 0 Å². The van der Waals surface area contributed by atoms with Gasteiger partial charge in [0.15, 0.2) is 0 Å². The van der Waals surface area contributed by atoms with E-state index in [4.69, 9.17) is 5.11 Å². The number of amides is 2. The highest BCUT2D eigenvalue weighted by Gasteiger charge is 2.46. The summed E-state index contributed by atoms with van der Waals surface area (Å²) in [5, 5.41) is 10.2. The van der Waals surface area contributed by atoms with Crippen LogP contribution in [0.2, 0.25) is 0 Å². The molecule has 1 fully saturated rings. The Balaban J connectivity index is 2.66. The van der Waals surface area contributed by atoms with Crippen LogP contribution in [-0.4, -0.2) is 53.6 Å². The van der Waals surface area contributed by atoms with Crippen molar-refractivity contribution in [1.29, 1.82) is 0 Å². The second-order valence-electron chi connectivity index (χ2n) is 4.32. The molecule has 2 N–H and O–H groups in total. The lowest BCUT2D eigenvalue weighted by Gasteiger charge is -2.31. The topological polar surface area (TPSA) is 86.7 Å². The molecule has 2 atom stereocenters. The van der Waals surface area contributed by atoms with Gasteiger partial charge in [-0.2, -0.15) is 13.2 Å². The van der Waals surface area contributed by atoms with E-state index >= 15 is 0 Å². The van der Waals surface area contributed by atoms with Crippen LogP contribution in [0, 0.1) is 5.92 Å². The van der Waals surface area contributed by atoms with E-state index in [1.54, 1.807) is 5.32 Å². The summed E-state index contributed by atoms with van der Waals surface area (Å²) in [5.74, 6) is -4.33. The van der Waals surface area contributed by atoms with Gasteiger partial charge in [-0.1, -0.05) is 0 Å². The number of halogens is 3. The number of piperidine rings is 1. The van der Waals surface area contributed by atoms with Crippen LogP contribution >= 0.6 is 0 Å². The molecule has 2 amide bonds. The monoisotopic (exact) mass is 282 g/mol. The molecule has 0 aliphatic carbocycles. The predicted molar refractivity (Wildman–Crippen MR) is 56.0 cm³/mol. The minimum Gasteiger partial charge on any atom is -0.480 e. The van der Waals surface area contributed by atoms with Crippen LogP contribution < -0.4 is 5.32 Å². The van der Waals surface area contributed by atoms with Crippen LogP contribution in [0.1, 0.15) is 12.8 Å². The number of rotatable bonds is 3. The normalized spacial score (nSPS) is 23.7. The molecule has 9 heteroatoms. The maximum Gasteiger partial charge on any atom is 0.408 e. The molecule has 6 nitrogen and oxygen atoms in total. The average molecular weight is 282 g/mol. The highest BCUT2D eigenvalue weighted by atomic mass is 19.4. The molecule has 1 aliphatic heterocycles.